The molecule has 0 radical (unpaired) electrons. The second kappa shape index (κ2) is 7.12. The summed E-state index contributed by atoms with van der Waals surface area (Å²) in [5.74, 6) is 1.21. The van der Waals surface area contributed by atoms with Gasteiger partial charge in [0, 0.05) is 48.9 Å². The lowest BCUT2D eigenvalue weighted by Crippen LogP contribution is -2.30. The van der Waals surface area contributed by atoms with E-state index >= 15 is 0 Å². The lowest BCUT2D eigenvalue weighted by molar-refractivity contribution is 0.353. The van der Waals surface area contributed by atoms with Crippen LogP contribution in [-0.4, -0.2) is 29.9 Å². The van der Waals surface area contributed by atoms with Crippen LogP contribution in [0.3, 0.4) is 0 Å². The zero-order valence-corrected chi connectivity index (χ0v) is 16.9. The number of anilines is 1. The van der Waals surface area contributed by atoms with Crippen molar-refractivity contribution in [1.29, 1.82) is 0 Å². The quantitative estimate of drug-likeness (QED) is 0.556. The van der Waals surface area contributed by atoms with E-state index in [2.05, 4.69) is 52.0 Å². The highest BCUT2D eigenvalue weighted by molar-refractivity contribution is 5.59. The van der Waals surface area contributed by atoms with E-state index in [1.54, 1.807) is 23.3 Å². The smallest absolute Gasteiger partial charge is 0.219 e. The Balaban J connectivity index is 1.70. The molecule has 0 bridgehead atoms. The van der Waals surface area contributed by atoms with E-state index < -0.39 is 0 Å². The van der Waals surface area contributed by atoms with Crippen LogP contribution in [0, 0.1) is 5.92 Å². The highest BCUT2D eigenvalue weighted by Gasteiger charge is 2.36. The lowest BCUT2D eigenvalue weighted by atomic mass is 9.71. The number of nitrogens with zero attached hydrogens (tertiary/aromatic N) is 6. The van der Waals surface area contributed by atoms with Crippen LogP contribution in [0.4, 0.5) is 5.95 Å². The summed E-state index contributed by atoms with van der Waals surface area (Å²) in [7, 11) is 1.87. The number of hydrogen-bond donors (Lipinski definition) is 1. The molecular formula is C21H23N7O. The summed E-state index contributed by atoms with van der Waals surface area (Å²) in [6, 6.07) is 6.02. The molecule has 0 aliphatic rings. The number of rotatable bonds is 5. The molecule has 0 spiro atoms. The first-order valence-electron chi connectivity index (χ1n) is 9.38. The third-order valence-corrected chi connectivity index (χ3v) is 5.52. The Morgan fingerprint density at radius 3 is 2.38 bits per heavy atom. The molecular weight excluding hydrogens is 366 g/mol. The Kier molecular flexibility index (Phi) is 4.62. The minimum Gasteiger partial charge on any atom is -0.368 e. The van der Waals surface area contributed by atoms with Crippen molar-refractivity contribution < 1.29 is 4.52 Å². The summed E-state index contributed by atoms with van der Waals surface area (Å²) >= 11 is 0. The second-order valence-corrected chi connectivity index (χ2v) is 7.60. The van der Waals surface area contributed by atoms with Gasteiger partial charge in [-0.25, -0.2) is 9.97 Å². The maximum atomic E-state index is 5.63. The van der Waals surface area contributed by atoms with Crippen LogP contribution >= 0.6 is 0 Å². The Bertz CT molecular complexity index is 1110. The van der Waals surface area contributed by atoms with Gasteiger partial charge < -0.3 is 10.3 Å². The summed E-state index contributed by atoms with van der Waals surface area (Å²) in [6.45, 7) is 6.49. The zero-order valence-electron chi connectivity index (χ0n) is 16.9. The molecule has 8 heteroatoms. The van der Waals surface area contributed by atoms with E-state index in [9.17, 15) is 0 Å². The number of nitrogens with two attached hydrogens (primary N) is 1. The summed E-state index contributed by atoms with van der Waals surface area (Å²) in [5, 5.41) is 8.59. The Hall–Kier alpha value is -3.55. The summed E-state index contributed by atoms with van der Waals surface area (Å²) in [6.07, 6.45) is 8.89. The molecule has 0 aliphatic carbocycles. The van der Waals surface area contributed by atoms with E-state index in [1.165, 1.54) is 0 Å². The fraction of sp³-hybridized carbons (Fsp3) is 0.286. The highest BCUT2D eigenvalue weighted by atomic mass is 16.5. The molecule has 148 valence electrons. The molecule has 2 N–H and O–H groups in total. The molecule has 0 unspecified atom stereocenters. The first-order chi connectivity index (χ1) is 13.9. The van der Waals surface area contributed by atoms with E-state index in [0.29, 0.717) is 5.76 Å². The van der Waals surface area contributed by atoms with Gasteiger partial charge >= 0.3 is 0 Å². The van der Waals surface area contributed by atoms with Crippen LogP contribution in [0.5, 0.6) is 0 Å². The van der Waals surface area contributed by atoms with Crippen molar-refractivity contribution in [3.05, 3.63) is 60.4 Å². The van der Waals surface area contributed by atoms with Crippen LogP contribution in [0.25, 0.3) is 22.6 Å². The molecule has 0 fully saturated rings. The molecule has 0 amide bonds. The van der Waals surface area contributed by atoms with E-state index in [1.807, 2.05) is 31.6 Å². The van der Waals surface area contributed by atoms with Crippen LogP contribution in [0.2, 0.25) is 0 Å². The lowest BCUT2D eigenvalue weighted by Gasteiger charge is -2.32. The summed E-state index contributed by atoms with van der Waals surface area (Å²) < 4.78 is 7.37. The van der Waals surface area contributed by atoms with Crippen LogP contribution < -0.4 is 5.73 Å². The Labute approximate surface area is 168 Å². The number of nitrogen functional groups attached to an aromatic ring is 1. The third kappa shape index (κ3) is 3.37. The normalized spacial score (nSPS) is 13.6. The predicted octanol–water partition coefficient (Wildman–Crippen LogP) is 3.47. The molecule has 0 saturated carbocycles. The molecule has 4 aromatic heterocycles. The van der Waals surface area contributed by atoms with Crippen LogP contribution in [0.1, 0.15) is 32.0 Å². The number of pyridine rings is 1. The van der Waals surface area contributed by atoms with Crippen molar-refractivity contribution >= 4 is 5.95 Å². The average molecular weight is 389 g/mol. The standard InChI is InChI=1S/C21H23N7O/c1-13(2)21(3,19-7-18(29-27-19)15-10-26-28(4)12-15)16-5-6-17(23-11-16)14-8-24-20(22)25-9-14/h5-13H,1-4H3,(H2,22,24,25)/t21-/m0/s1. The largest absolute Gasteiger partial charge is 0.368 e. The van der Waals surface area contributed by atoms with Crippen molar-refractivity contribution in [3.63, 3.8) is 0 Å². The van der Waals surface area contributed by atoms with Gasteiger partial charge in [-0.2, -0.15) is 5.10 Å². The SMILES string of the molecule is CC(C)[C@@](C)(c1ccc(-c2cnc(N)nc2)nc1)c1cc(-c2cnn(C)c2)on1. The monoisotopic (exact) mass is 389 g/mol. The van der Waals surface area contributed by atoms with Gasteiger partial charge in [0.05, 0.1) is 23.1 Å². The topological polar surface area (TPSA) is 109 Å². The molecule has 8 nitrogen and oxygen atoms in total. The van der Waals surface area contributed by atoms with Gasteiger partial charge in [0.1, 0.15) is 0 Å². The third-order valence-electron chi connectivity index (χ3n) is 5.52. The fourth-order valence-electron chi connectivity index (χ4n) is 3.32. The molecule has 0 aliphatic heterocycles. The van der Waals surface area contributed by atoms with Crippen LogP contribution in [0.15, 0.2) is 53.7 Å². The molecule has 0 saturated heterocycles. The first kappa shape index (κ1) is 18.8. The molecule has 4 heterocycles. The number of aromatic nitrogens is 6. The highest BCUT2D eigenvalue weighted by Crippen LogP contribution is 2.39. The summed E-state index contributed by atoms with van der Waals surface area (Å²) in [5.41, 5.74) is 9.61. The molecule has 4 aromatic rings. The molecule has 1 atom stereocenters. The van der Waals surface area contributed by atoms with Crippen LogP contribution in [-0.2, 0) is 12.5 Å². The summed E-state index contributed by atoms with van der Waals surface area (Å²) in [4.78, 5) is 12.7. The fourth-order valence-corrected chi connectivity index (χ4v) is 3.32. The van der Waals surface area contributed by atoms with Crippen molar-refractivity contribution in [2.45, 2.75) is 26.2 Å². The van der Waals surface area contributed by atoms with Gasteiger partial charge in [-0.15, -0.1) is 0 Å². The van der Waals surface area contributed by atoms with Crippen molar-refractivity contribution in [3.8, 4) is 22.6 Å². The Morgan fingerprint density at radius 1 is 1.03 bits per heavy atom. The first-order valence-corrected chi connectivity index (χ1v) is 9.38. The van der Waals surface area contributed by atoms with E-state index in [4.69, 9.17) is 10.3 Å². The van der Waals surface area contributed by atoms with Crippen molar-refractivity contribution in [2.75, 3.05) is 5.73 Å². The minimum atomic E-state index is -0.368. The number of hydrogen-bond acceptors (Lipinski definition) is 7. The predicted molar refractivity (Wildman–Crippen MR) is 110 cm³/mol. The van der Waals surface area contributed by atoms with E-state index in [-0.39, 0.29) is 17.3 Å². The molecule has 0 aromatic carbocycles. The maximum absolute atomic E-state index is 5.63. The molecule has 29 heavy (non-hydrogen) atoms. The second-order valence-electron chi connectivity index (χ2n) is 7.60. The number of aryl methyl sites for hydroxylation is 1. The van der Waals surface area contributed by atoms with Gasteiger partial charge in [0.2, 0.25) is 5.95 Å². The average Bonchev–Trinajstić information content (AvgIpc) is 3.37. The van der Waals surface area contributed by atoms with Crippen molar-refractivity contribution in [2.24, 2.45) is 13.0 Å². The van der Waals surface area contributed by atoms with Gasteiger partial charge in [-0.3, -0.25) is 9.67 Å². The van der Waals surface area contributed by atoms with Gasteiger partial charge in [0.25, 0.3) is 0 Å². The Morgan fingerprint density at radius 2 is 1.79 bits per heavy atom. The van der Waals surface area contributed by atoms with Crippen molar-refractivity contribution in [1.82, 2.24) is 29.9 Å². The van der Waals surface area contributed by atoms with Gasteiger partial charge in [0.15, 0.2) is 5.76 Å². The maximum Gasteiger partial charge on any atom is 0.219 e. The van der Waals surface area contributed by atoms with E-state index in [0.717, 1.165) is 28.1 Å². The molecule has 4 rings (SSSR count). The zero-order chi connectivity index (χ0) is 20.6. The van der Waals surface area contributed by atoms with Gasteiger partial charge in [-0.1, -0.05) is 25.1 Å². The minimum absolute atomic E-state index is 0.244. The van der Waals surface area contributed by atoms with Gasteiger partial charge in [-0.05, 0) is 24.5 Å².